The summed E-state index contributed by atoms with van der Waals surface area (Å²) in [4.78, 5) is 0. The Bertz CT molecular complexity index is 439. The molecule has 2 atom stereocenters. The van der Waals surface area contributed by atoms with E-state index in [1.54, 1.807) is 7.11 Å². The molecule has 2 rings (SSSR count). The van der Waals surface area contributed by atoms with Crippen molar-refractivity contribution in [3.63, 3.8) is 0 Å². The fourth-order valence-electron chi connectivity index (χ4n) is 2.18. The average Bonchev–Trinajstić information content (AvgIpc) is 2.51. The highest BCUT2D eigenvalue weighted by atomic mass is 79.9. The van der Waals surface area contributed by atoms with Gasteiger partial charge in [0.2, 0.25) is 0 Å². The van der Waals surface area contributed by atoms with Crippen molar-refractivity contribution in [3.05, 3.63) is 28.7 Å². The molecule has 5 nitrogen and oxygen atoms in total. The summed E-state index contributed by atoms with van der Waals surface area (Å²) < 4.78 is 29.0. The SMILES string of the molecule is COCCOC[C@@]1(C)COC[C@@H](COc2ccc(Br)cc2)O1. The van der Waals surface area contributed by atoms with Crippen molar-refractivity contribution >= 4 is 15.9 Å². The summed E-state index contributed by atoms with van der Waals surface area (Å²) in [6, 6.07) is 7.73. The lowest BCUT2D eigenvalue weighted by molar-refractivity contribution is -0.217. The van der Waals surface area contributed by atoms with Crippen LogP contribution in [0.25, 0.3) is 0 Å². The highest BCUT2D eigenvalue weighted by molar-refractivity contribution is 9.10. The maximum Gasteiger partial charge on any atom is 0.119 e. The van der Waals surface area contributed by atoms with Gasteiger partial charge < -0.3 is 23.7 Å². The number of rotatable bonds is 8. The van der Waals surface area contributed by atoms with Crippen LogP contribution in [0.3, 0.4) is 0 Å². The molecule has 0 radical (unpaired) electrons. The molecule has 0 bridgehead atoms. The van der Waals surface area contributed by atoms with Crippen LogP contribution in [0.4, 0.5) is 0 Å². The van der Waals surface area contributed by atoms with Crippen LogP contribution < -0.4 is 4.74 Å². The Morgan fingerprint density at radius 2 is 2.05 bits per heavy atom. The van der Waals surface area contributed by atoms with Gasteiger partial charge in [-0.1, -0.05) is 15.9 Å². The summed E-state index contributed by atoms with van der Waals surface area (Å²) in [5.74, 6) is 0.815. The minimum absolute atomic E-state index is 0.103. The Balaban J connectivity index is 1.76. The van der Waals surface area contributed by atoms with Crippen molar-refractivity contribution in [2.24, 2.45) is 0 Å². The molecule has 0 aliphatic carbocycles. The van der Waals surface area contributed by atoms with Gasteiger partial charge in [-0.3, -0.25) is 0 Å². The first-order valence-electron chi connectivity index (χ1n) is 7.32. The lowest BCUT2D eigenvalue weighted by Gasteiger charge is -2.38. The fourth-order valence-corrected chi connectivity index (χ4v) is 2.45. The zero-order valence-corrected chi connectivity index (χ0v) is 14.6. The maximum atomic E-state index is 6.07. The number of ether oxygens (including phenoxy) is 5. The van der Waals surface area contributed by atoms with Crippen LogP contribution in [-0.2, 0) is 18.9 Å². The highest BCUT2D eigenvalue weighted by Gasteiger charge is 2.34. The minimum Gasteiger partial charge on any atom is -0.491 e. The average molecular weight is 375 g/mol. The van der Waals surface area contributed by atoms with E-state index < -0.39 is 5.60 Å². The van der Waals surface area contributed by atoms with Gasteiger partial charge in [0.25, 0.3) is 0 Å². The predicted octanol–water partition coefficient (Wildman–Crippen LogP) is 2.67. The molecule has 1 aliphatic rings. The Morgan fingerprint density at radius 3 is 2.77 bits per heavy atom. The van der Waals surface area contributed by atoms with E-state index in [0.717, 1.165) is 10.2 Å². The minimum atomic E-state index is -0.445. The number of hydrogen-bond donors (Lipinski definition) is 0. The smallest absolute Gasteiger partial charge is 0.119 e. The van der Waals surface area contributed by atoms with Crippen molar-refractivity contribution in [1.82, 2.24) is 0 Å². The summed E-state index contributed by atoms with van der Waals surface area (Å²) in [6.45, 7) is 5.10. The Labute approximate surface area is 140 Å². The maximum absolute atomic E-state index is 6.07. The molecule has 1 fully saturated rings. The summed E-state index contributed by atoms with van der Waals surface area (Å²) in [6.07, 6.45) is -0.103. The van der Waals surface area contributed by atoms with Crippen LogP contribution in [0.2, 0.25) is 0 Å². The summed E-state index contributed by atoms with van der Waals surface area (Å²) in [5.41, 5.74) is -0.445. The van der Waals surface area contributed by atoms with E-state index in [2.05, 4.69) is 15.9 Å². The Morgan fingerprint density at radius 1 is 1.27 bits per heavy atom. The molecule has 0 N–H and O–H groups in total. The van der Waals surface area contributed by atoms with E-state index >= 15 is 0 Å². The molecular weight excluding hydrogens is 352 g/mol. The van der Waals surface area contributed by atoms with Crippen molar-refractivity contribution < 1.29 is 23.7 Å². The zero-order chi connectivity index (χ0) is 15.8. The van der Waals surface area contributed by atoms with Crippen LogP contribution in [0, 0.1) is 0 Å². The normalized spacial score (nSPS) is 25.1. The second-order valence-electron chi connectivity index (χ2n) is 5.52. The number of hydrogen-bond acceptors (Lipinski definition) is 5. The van der Waals surface area contributed by atoms with Gasteiger partial charge in [-0.15, -0.1) is 0 Å². The van der Waals surface area contributed by atoms with E-state index in [4.69, 9.17) is 23.7 Å². The van der Waals surface area contributed by atoms with Gasteiger partial charge in [0.1, 0.15) is 24.1 Å². The molecule has 124 valence electrons. The van der Waals surface area contributed by atoms with Crippen molar-refractivity contribution in [3.8, 4) is 5.75 Å². The van der Waals surface area contributed by atoms with Gasteiger partial charge >= 0.3 is 0 Å². The first-order chi connectivity index (χ1) is 10.6. The third-order valence-corrected chi connectivity index (χ3v) is 3.78. The molecule has 1 heterocycles. The molecule has 0 saturated carbocycles. The molecule has 1 saturated heterocycles. The standard InChI is InChI=1S/C16H23BrO5/c1-16(11-19-8-7-18-2)12-20-9-15(22-16)10-21-14-5-3-13(17)4-6-14/h3-6,15H,7-12H2,1-2H3/t15-,16-/m0/s1. The van der Waals surface area contributed by atoms with Crippen molar-refractivity contribution in [2.45, 2.75) is 18.6 Å². The van der Waals surface area contributed by atoms with Gasteiger partial charge in [-0.05, 0) is 31.2 Å². The molecule has 0 aromatic heterocycles. The van der Waals surface area contributed by atoms with E-state index in [1.165, 1.54) is 0 Å². The van der Waals surface area contributed by atoms with E-state index in [-0.39, 0.29) is 6.10 Å². The third kappa shape index (κ3) is 5.85. The Hall–Kier alpha value is -0.660. The Kier molecular flexibility index (Phi) is 7.11. The van der Waals surface area contributed by atoms with Crippen LogP contribution in [0.1, 0.15) is 6.92 Å². The molecular formula is C16H23BrO5. The molecule has 0 unspecified atom stereocenters. The van der Waals surface area contributed by atoms with Gasteiger partial charge in [0, 0.05) is 11.6 Å². The topological polar surface area (TPSA) is 46.2 Å². The summed E-state index contributed by atoms with van der Waals surface area (Å²) in [5, 5.41) is 0. The van der Waals surface area contributed by atoms with Crippen LogP contribution in [0.15, 0.2) is 28.7 Å². The number of methoxy groups -OCH3 is 1. The fraction of sp³-hybridized carbons (Fsp3) is 0.625. The molecule has 6 heteroatoms. The highest BCUT2D eigenvalue weighted by Crippen LogP contribution is 2.22. The van der Waals surface area contributed by atoms with Crippen molar-refractivity contribution in [1.29, 1.82) is 0 Å². The van der Waals surface area contributed by atoms with E-state index in [0.29, 0.717) is 39.6 Å². The van der Waals surface area contributed by atoms with Gasteiger partial charge in [-0.2, -0.15) is 0 Å². The molecule has 0 amide bonds. The van der Waals surface area contributed by atoms with Gasteiger partial charge in [0.15, 0.2) is 0 Å². The molecule has 1 aromatic rings. The number of halogens is 1. The quantitative estimate of drug-likeness (QED) is 0.654. The van der Waals surface area contributed by atoms with Crippen LogP contribution >= 0.6 is 15.9 Å². The van der Waals surface area contributed by atoms with Crippen LogP contribution in [-0.4, -0.2) is 58.5 Å². The predicted molar refractivity (Wildman–Crippen MR) is 86.4 cm³/mol. The summed E-state index contributed by atoms with van der Waals surface area (Å²) >= 11 is 3.40. The molecule has 1 aromatic carbocycles. The van der Waals surface area contributed by atoms with Crippen LogP contribution in [0.5, 0.6) is 5.75 Å². The lowest BCUT2D eigenvalue weighted by atomic mass is 10.1. The number of benzene rings is 1. The summed E-state index contributed by atoms with van der Waals surface area (Å²) in [7, 11) is 1.65. The largest absolute Gasteiger partial charge is 0.491 e. The van der Waals surface area contributed by atoms with E-state index in [9.17, 15) is 0 Å². The lowest BCUT2D eigenvalue weighted by Crippen LogP contribution is -2.50. The van der Waals surface area contributed by atoms with E-state index in [1.807, 2.05) is 31.2 Å². The second kappa shape index (κ2) is 8.84. The monoisotopic (exact) mass is 374 g/mol. The van der Waals surface area contributed by atoms with Crippen molar-refractivity contribution in [2.75, 3.05) is 46.8 Å². The zero-order valence-electron chi connectivity index (χ0n) is 13.0. The van der Waals surface area contributed by atoms with Gasteiger partial charge in [0.05, 0.1) is 33.0 Å². The first-order valence-corrected chi connectivity index (χ1v) is 8.11. The molecule has 22 heavy (non-hydrogen) atoms. The molecule has 1 aliphatic heterocycles. The van der Waals surface area contributed by atoms with Gasteiger partial charge in [-0.25, -0.2) is 0 Å². The second-order valence-corrected chi connectivity index (χ2v) is 6.43. The molecule has 0 spiro atoms. The first kappa shape index (κ1) is 17.7. The third-order valence-electron chi connectivity index (χ3n) is 3.25.